The molecular weight excluding hydrogens is 431 g/mol. The molecule has 1 aliphatic heterocycles. The SMILES string of the molecule is CCOC(=O)C(C)c1ccc(N2Cc3ccc(-c4ccc(C(F)(F)F)cc4)cc3C2=O)cc1. The summed E-state index contributed by atoms with van der Waals surface area (Å²) in [7, 11) is 0. The number of carbonyl (C=O) groups excluding carboxylic acids is 2. The highest BCUT2D eigenvalue weighted by Gasteiger charge is 2.31. The molecule has 0 aliphatic carbocycles. The molecule has 4 nitrogen and oxygen atoms in total. The van der Waals surface area contributed by atoms with Crippen molar-refractivity contribution in [3.8, 4) is 11.1 Å². The summed E-state index contributed by atoms with van der Waals surface area (Å²) < 4.78 is 43.5. The van der Waals surface area contributed by atoms with Crippen molar-refractivity contribution >= 4 is 17.6 Å². The number of ether oxygens (including phenoxy) is 1. The van der Waals surface area contributed by atoms with Crippen molar-refractivity contribution in [2.45, 2.75) is 32.5 Å². The molecule has 0 N–H and O–H groups in total. The number of hydrogen-bond donors (Lipinski definition) is 0. The van der Waals surface area contributed by atoms with E-state index in [1.54, 1.807) is 49.1 Å². The summed E-state index contributed by atoms with van der Waals surface area (Å²) in [5, 5.41) is 0. The van der Waals surface area contributed by atoms with E-state index in [0.717, 1.165) is 23.3 Å². The number of halogens is 3. The van der Waals surface area contributed by atoms with E-state index in [4.69, 9.17) is 4.74 Å². The summed E-state index contributed by atoms with van der Waals surface area (Å²) in [5.74, 6) is -0.882. The maximum absolute atomic E-state index is 13.1. The summed E-state index contributed by atoms with van der Waals surface area (Å²) in [6, 6.07) is 17.5. The zero-order valence-electron chi connectivity index (χ0n) is 18.1. The summed E-state index contributed by atoms with van der Waals surface area (Å²) in [4.78, 5) is 26.7. The zero-order chi connectivity index (χ0) is 23.8. The molecule has 0 radical (unpaired) electrons. The third-order valence-electron chi connectivity index (χ3n) is 5.80. The predicted octanol–water partition coefficient (Wildman–Crippen LogP) is 6.20. The molecule has 1 unspecified atom stereocenters. The standard InChI is InChI=1S/C26H22F3NO3/c1-3-33-25(32)16(2)17-8-12-22(13-9-17)30-15-20-5-4-19(14-23(20)24(30)31)18-6-10-21(11-7-18)26(27,28)29/h4-14,16H,3,15H2,1-2H3. The molecule has 0 saturated carbocycles. The van der Waals surface area contributed by atoms with Crippen LogP contribution in [-0.4, -0.2) is 18.5 Å². The van der Waals surface area contributed by atoms with Crippen LogP contribution in [-0.2, 0) is 22.3 Å². The van der Waals surface area contributed by atoms with Gasteiger partial charge in [0, 0.05) is 11.3 Å². The van der Waals surface area contributed by atoms with Crippen molar-refractivity contribution < 1.29 is 27.5 Å². The van der Waals surface area contributed by atoms with E-state index in [2.05, 4.69) is 0 Å². The summed E-state index contributed by atoms with van der Waals surface area (Å²) in [6.45, 7) is 4.24. The van der Waals surface area contributed by atoms with Gasteiger partial charge in [0.25, 0.3) is 5.91 Å². The fraction of sp³-hybridized carbons (Fsp3) is 0.231. The van der Waals surface area contributed by atoms with Gasteiger partial charge < -0.3 is 9.64 Å². The van der Waals surface area contributed by atoms with Crippen LogP contribution in [0.2, 0.25) is 0 Å². The van der Waals surface area contributed by atoms with E-state index in [-0.39, 0.29) is 11.9 Å². The van der Waals surface area contributed by atoms with Crippen LogP contribution in [0.15, 0.2) is 66.7 Å². The van der Waals surface area contributed by atoms with Gasteiger partial charge in [0.2, 0.25) is 0 Å². The first-order chi connectivity index (χ1) is 15.7. The Morgan fingerprint density at radius 1 is 1.00 bits per heavy atom. The predicted molar refractivity (Wildman–Crippen MR) is 119 cm³/mol. The molecule has 3 aromatic rings. The number of rotatable bonds is 5. The first-order valence-electron chi connectivity index (χ1n) is 10.6. The fourth-order valence-electron chi connectivity index (χ4n) is 3.89. The molecule has 1 aliphatic rings. The number of carbonyl (C=O) groups is 2. The van der Waals surface area contributed by atoms with Gasteiger partial charge in [-0.05, 0) is 66.4 Å². The van der Waals surface area contributed by atoms with E-state index in [0.29, 0.717) is 35.5 Å². The van der Waals surface area contributed by atoms with Crippen molar-refractivity contribution in [3.05, 3.63) is 89.0 Å². The van der Waals surface area contributed by atoms with Crippen LogP contribution in [0.5, 0.6) is 0 Å². The van der Waals surface area contributed by atoms with Gasteiger partial charge in [0.1, 0.15) is 0 Å². The van der Waals surface area contributed by atoms with E-state index in [1.807, 2.05) is 12.1 Å². The molecule has 0 fully saturated rings. The minimum Gasteiger partial charge on any atom is -0.466 e. The molecule has 0 saturated heterocycles. The molecule has 1 atom stereocenters. The molecule has 7 heteroatoms. The third kappa shape index (κ3) is 4.49. The second kappa shape index (κ2) is 8.73. The Kier molecular flexibility index (Phi) is 5.97. The molecule has 3 aromatic carbocycles. The van der Waals surface area contributed by atoms with E-state index in [1.165, 1.54) is 12.1 Å². The highest BCUT2D eigenvalue weighted by atomic mass is 19.4. The second-order valence-electron chi connectivity index (χ2n) is 7.90. The van der Waals surface area contributed by atoms with Crippen molar-refractivity contribution in [2.75, 3.05) is 11.5 Å². The second-order valence-corrected chi connectivity index (χ2v) is 7.90. The Morgan fingerprint density at radius 3 is 2.24 bits per heavy atom. The Morgan fingerprint density at radius 2 is 1.64 bits per heavy atom. The maximum atomic E-state index is 13.1. The lowest BCUT2D eigenvalue weighted by Crippen LogP contribution is -2.23. The number of nitrogens with zero attached hydrogens (tertiary/aromatic N) is 1. The van der Waals surface area contributed by atoms with Crippen LogP contribution in [0, 0.1) is 0 Å². The fourth-order valence-corrected chi connectivity index (χ4v) is 3.89. The normalized spacial score (nSPS) is 14.2. The quantitative estimate of drug-likeness (QED) is 0.432. The zero-order valence-corrected chi connectivity index (χ0v) is 18.1. The van der Waals surface area contributed by atoms with Crippen molar-refractivity contribution in [1.29, 1.82) is 0 Å². The lowest BCUT2D eigenvalue weighted by atomic mass is 9.99. The van der Waals surface area contributed by atoms with E-state index in [9.17, 15) is 22.8 Å². The van der Waals surface area contributed by atoms with Gasteiger partial charge in [-0.2, -0.15) is 13.2 Å². The molecule has 0 aromatic heterocycles. The first-order valence-corrected chi connectivity index (χ1v) is 10.6. The molecule has 33 heavy (non-hydrogen) atoms. The molecular formula is C26H22F3NO3. The minimum absolute atomic E-state index is 0.176. The third-order valence-corrected chi connectivity index (χ3v) is 5.80. The van der Waals surface area contributed by atoms with Crippen LogP contribution in [0.25, 0.3) is 11.1 Å². The average Bonchev–Trinajstić information content (AvgIpc) is 3.14. The molecule has 170 valence electrons. The summed E-state index contributed by atoms with van der Waals surface area (Å²) >= 11 is 0. The van der Waals surface area contributed by atoms with Gasteiger partial charge in [-0.1, -0.05) is 36.4 Å². The van der Waals surface area contributed by atoms with Gasteiger partial charge in [-0.3, -0.25) is 9.59 Å². The van der Waals surface area contributed by atoms with Gasteiger partial charge in [0.05, 0.1) is 24.6 Å². The number of anilines is 1. The van der Waals surface area contributed by atoms with E-state index < -0.39 is 17.7 Å². The van der Waals surface area contributed by atoms with Crippen molar-refractivity contribution in [2.24, 2.45) is 0 Å². The van der Waals surface area contributed by atoms with Gasteiger partial charge in [-0.25, -0.2) is 0 Å². The van der Waals surface area contributed by atoms with Crippen LogP contribution in [0.3, 0.4) is 0 Å². The van der Waals surface area contributed by atoms with Crippen LogP contribution in [0.4, 0.5) is 18.9 Å². The molecule has 1 amide bonds. The highest BCUT2D eigenvalue weighted by Crippen LogP contribution is 2.34. The first kappa shape index (κ1) is 22.6. The number of alkyl halides is 3. The largest absolute Gasteiger partial charge is 0.466 e. The summed E-state index contributed by atoms with van der Waals surface area (Å²) in [5.41, 5.74) is 3.44. The molecule has 4 rings (SSSR count). The number of esters is 1. The van der Waals surface area contributed by atoms with Crippen molar-refractivity contribution in [3.63, 3.8) is 0 Å². The van der Waals surface area contributed by atoms with E-state index >= 15 is 0 Å². The maximum Gasteiger partial charge on any atom is 0.416 e. The highest BCUT2D eigenvalue weighted by molar-refractivity contribution is 6.10. The van der Waals surface area contributed by atoms with Crippen molar-refractivity contribution in [1.82, 2.24) is 0 Å². The smallest absolute Gasteiger partial charge is 0.416 e. The van der Waals surface area contributed by atoms with Crippen LogP contribution >= 0.6 is 0 Å². The Balaban J connectivity index is 1.54. The number of fused-ring (bicyclic) bond motifs is 1. The molecule has 1 heterocycles. The molecule has 0 bridgehead atoms. The topological polar surface area (TPSA) is 46.6 Å². The van der Waals surface area contributed by atoms with Crippen LogP contribution in [0.1, 0.15) is 46.8 Å². The monoisotopic (exact) mass is 453 g/mol. The minimum atomic E-state index is -4.39. The Hall–Kier alpha value is -3.61. The van der Waals surface area contributed by atoms with Gasteiger partial charge >= 0.3 is 12.1 Å². The number of hydrogen-bond acceptors (Lipinski definition) is 3. The summed E-state index contributed by atoms with van der Waals surface area (Å²) in [6.07, 6.45) is -4.39. The lowest BCUT2D eigenvalue weighted by molar-refractivity contribution is -0.144. The molecule has 0 spiro atoms. The van der Waals surface area contributed by atoms with Gasteiger partial charge in [-0.15, -0.1) is 0 Å². The lowest BCUT2D eigenvalue weighted by Gasteiger charge is -2.17. The number of benzene rings is 3. The Bertz CT molecular complexity index is 1180. The number of amides is 1. The Labute approximate surface area is 189 Å². The average molecular weight is 453 g/mol. The van der Waals surface area contributed by atoms with Gasteiger partial charge in [0.15, 0.2) is 0 Å². The van der Waals surface area contributed by atoms with Crippen LogP contribution < -0.4 is 4.90 Å².